The van der Waals surface area contributed by atoms with Crippen LogP contribution in [0.3, 0.4) is 0 Å². The first-order valence-corrected chi connectivity index (χ1v) is 11.5. The second-order valence-corrected chi connectivity index (χ2v) is 9.00. The number of ether oxygens (including phenoxy) is 3. The molecule has 1 N–H and O–H groups in total. The lowest BCUT2D eigenvalue weighted by Crippen LogP contribution is -2.39. The number of nitrogens with one attached hydrogen (secondary N) is 1. The molecule has 9 nitrogen and oxygen atoms in total. The van der Waals surface area contributed by atoms with Crippen LogP contribution in [0.1, 0.15) is 11.1 Å². The zero-order valence-corrected chi connectivity index (χ0v) is 20.0. The van der Waals surface area contributed by atoms with E-state index >= 15 is 0 Å². The van der Waals surface area contributed by atoms with Crippen molar-refractivity contribution in [3.63, 3.8) is 0 Å². The summed E-state index contributed by atoms with van der Waals surface area (Å²) in [5, 5.41) is 3.14. The van der Waals surface area contributed by atoms with Gasteiger partial charge >= 0.3 is 6.18 Å². The predicted molar refractivity (Wildman–Crippen MR) is 120 cm³/mol. The molecular formula is C20H21ClF3N3O6S. The number of alkyl halides is 3. The Morgan fingerprint density at radius 3 is 2.18 bits per heavy atom. The first-order chi connectivity index (χ1) is 15.8. The summed E-state index contributed by atoms with van der Waals surface area (Å²) in [5.41, 5.74) is 0.952. The molecule has 0 bridgehead atoms. The SMILES string of the molecule is COc1cc(/C=N\NC(=O)CN(c2ccc(Cl)c(C(F)(F)F)c2)S(C)(=O)=O)cc(OC)c1OC. The molecule has 0 spiro atoms. The van der Waals surface area contributed by atoms with E-state index in [-0.39, 0.29) is 5.69 Å². The van der Waals surface area contributed by atoms with Crippen LogP contribution in [0.2, 0.25) is 5.02 Å². The van der Waals surface area contributed by atoms with Crippen LogP contribution in [-0.4, -0.2) is 54.7 Å². The van der Waals surface area contributed by atoms with Gasteiger partial charge in [0, 0.05) is 5.56 Å². The van der Waals surface area contributed by atoms with Crippen LogP contribution in [0, 0.1) is 0 Å². The van der Waals surface area contributed by atoms with E-state index in [1.807, 2.05) is 0 Å². The van der Waals surface area contributed by atoms with Gasteiger partial charge in [0.15, 0.2) is 11.5 Å². The number of nitrogens with zero attached hydrogens (tertiary/aromatic N) is 2. The Kier molecular flexibility index (Phi) is 8.61. The number of hydrogen-bond donors (Lipinski definition) is 1. The summed E-state index contributed by atoms with van der Waals surface area (Å²) < 4.78 is 79.9. The fraction of sp³-hybridized carbons (Fsp3) is 0.300. The molecule has 1 amide bonds. The van der Waals surface area contributed by atoms with Crippen LogP contribution in [0.15, 0.2) is 35.4 Å². The Bertz CT molecular complexity index is 1160. The average molecular weight is 524 g/mol. The van der Waals surface area contributed by atoms with Gasteiger partial charge in [0.1, 0.15) is 6.54 Å². The van der Waals surface area contributed by atoms with Gasteiger partial charge in [0.05, 0.1) is 50.1 Å². The maximum absolute atomic E-state index is 13.2. The zero-order valence-electron chi connectivity index (χ0n) is 18.4. The number of halogens is 4. The van der Waals surface area contributed by atoms with Crippen LogP contribution in [-0.2, 0) is 21.0 Å². The third kappa shape index (κ3) is 6.67. The first-order valence-electron chi connectivity index (χ1n) is 9.28. The van der Waals surface area contributed by atoms with E-state index < -0.39 is 39.2 Å². The molecule has 0 aliphatic rings. The summed E-state index contributed by atoms with van der Waals surface area (Å²) >= 11 is 5.58. The van der Waals surface area contributed by atoms with Crippen molar-refractivity contribution in [1.82, 2.24) is 5.43 Å². The number of sulfonamides is 1. The fourth-order valence-corrected chi connectivity index (χ4v) is 3.88. The summed E-state index contributed by atoms with van der Waals surface area (Å²) in [6, 6.07) is 5.61. The predicted octanol–water partition coefficient (Wildman–Crippen LogP) is 3.30. The van der Waals surface area contributed by atoms with Crippen molar-refractivity contribution in [3.05, 3.63) is 46.5 Å². The molecule has 0 aliphatic heterocycles. The van der Waals surface area contributed by atoms with Gasteiger partial charge < -0.3 is 14.2 Å². The molecule has 34 heavy (non-hydrogen) atoms. The Hall–Kier alpha value is -3.19. The number of carbonyl (C=O) groups excluding carboxylic acids is 1. The minimum absolute atomic E-state index is 0.334. The lowest BCUT2D eigenvalue weighted by atomic mass is 10.2. The highest BCUT2D eigenvalue weighted by molar-refractivity contribution is 7.92. The standard InChI is InChI=1S/C20H21ClF3N3O6S/c1-31-16-7-12(8-17(32-2)19(16)33-3)10-25-26-18(28)11-27(34(4,29)30)13-5-6-15(21)14(9-13)20(22,23)24/h5-10H,11H2,1-4H3,(H,26,28)/b25-10-. The molecule has 0 fully saturated rings. The van der Waals surface area contributed by atoms with E-state index in [1.54, 1.807) is 12.1 Å². The number of benzene rings is 2. The largest absolute Gasteiger partial charge is 0.493 e. The fourth-order valence-electron chi connectivity index (χ4n) is 2.81. The molecule has 0 aromatic heterocycles. The highest BCUT2D eigenvalue weighted by Crippen LogP contribution is 2.38. The van der Waals surface area contributed by atoms with Gasteiger partial charge in [0.2, 0.25) is 15.8 Å². The van der Waals surface area contributed by atoms with Gasteiger partial charge in [-0.05, 0) is 30.3 Å². The lowest BCUT2D eigenvalue weighted by Gasteiger charge is -2.22. The molecule has 0 saturated heterocycles. The average Bonchev–Trinajstić information content (AvgIpc) is 2.75. The molecule has 0 heterocycles. The van der Waals surface area contributed by atoms with Crippen molar-refractivity contribution in [2.75, 3.05) is 38.4 Å². The molecule has 0 aliphatic carbocycles. The van der Waals surface area contributed by atoms with Crippen LogP contribution >= 0.6 is 11.6 Å². The van der Waals surface area contributed by atoms with Crippen LogP contribution in [0.5, 0.6) is 17.2 Å². The highest BCUT2D eigenvalue weighted by atomic mass is 35.5. The molecule has 0 radical (unpaired) electrons. The van der Waals surface area contributed by atoms with Crippen LogP contribution < -0.4 is 23.9 Å². The minimum Gasteiger partial charge on any atom is -0.493 e. The van der Waals surface area contributed by atoms with Gasteiger partial charge in [-0.2, -0.15) is 18.3 Å². The molecular weight excluding hydrogens is 503 g/mol. The molecule has 2 rings (SSSR count). The van der Waals surface area contributed by atoms with Crippen LogP contribution in [0.25, 0.3) is 0 Å². The van der Waals surface area contributed by atoms with Gasteiger partial charge in [-0.25, -0.2) is 13.8 Å². The summed E-state index contributed by atoms with van der Waals surface area (Å²) in [6.45, 7) is -0.829. The molecule has 0 atom stereocenters. The molecule has 0 saturated carbocycles. The summed E-state index contributed by atoms with van der Waals surface area (Å²) in [7, 11) is 0.138. The summed E-state index contributed by atoms with van der Waals surface area (Å²) in [5.74, 6) is 0.107. The zero-order chi connectivity index (χ0) is 25.7. The van der Waals surface area contributed by atoms with E-state index in [0.717, 1.165) is 18.4 Å². The first kappa shape index (κ1) is 27.1. The molecule has 0 unspecified atom stereocenters. The van der Waals surface area contributed by atoms with Gasteiger partial charge in [-0.3, -0.25) is 9.10 Å². The van der Waals surface area contributed by atoms with Crippen molar-refractivity contribution in [2.24, 2.45) is 5.10 Å². The van der Waals surface area contributed by atoms with Crippen LogP contribution in [0.4, 0.5) is 18.9 Å². The smallest absolute Gasteiger partial charge is 0.417 e. The number of hydrazone groups is 1. The Labute approximate surface area is 199 Å². The number of carbonyl (C=O) groups is 1. The molecule has 14 heteroatoms. The van der Waals surface area contributed by atoms with Gasteiger partial charge in [-0.1, -0.05) is 11.6 Å². The summed E-state index contributed by atoms with van der Waals surface area (Å²) in [6.07, 6.45) is -2.83. The maximum Gasteiger partial charge on any atom is 0.417 e. The van der Waals surface area contributed by atoms with Crippen molar-refractivity contribution in [3.8, 4) is 17.2 Å². The number of amides is 1. The normalized spacial score (nSPS) is 11.9. The minimum atomic E-state index is -4.82. The quantitative estimate of drug-likeness (QED) is 0.399. The third-order valence-corrected chi connectivity index (χ3v) is 5.79. The Morgan fingerprint density at radius 2 is 1.71 bits per heavy atom. The lowest BCUT2D eigenvalue weighted by molar-refractivity contribution is -0.137. The maximum atomic E-state index is 13.2. The van der Waals surface area contributed by atoms with Gasteiger partial charge in [0.25, 0.3) is 5.91 Å². The van der Waals surface area contributed by atoms with Crippen molar-refractivity contribution < 1.29 is 40.6 Å². The molecule has 2 aromatic carbocycles. The van der Waals surface area contributed by atoms with E-state index in [4.69, 9.17) is 25.8 Å². The number of hydrogen-bond acceptors (Lipinski definition) is 7. The summed E-state index contributed by atoms with van der Waals surface area (Å²) in [4.78, 5) is 12.3. The molecule has 186 valence electrons. The topological polar surface area (TPSA) is 107 Å². The number of anilines is 1. The Balaban J connectivity index is 2.24. The highest BCUT2D eigenvalue weighted by Gasteiger charge is 2.34. The number of methoxy groups -OCH3 is 3. The van der Waals surface area contributed by atoms with E-state index in [0.29, 0.717) is 33.2 Å². The second kappa shape index (κ2) is 10.8. The van der Waals surface area contributed by atoms with E-state index in [1.165, 1.54) is 27.5 Å². The van der Waals surface area contributed by atoms with Crippen molar-refractivity contribution in [2.45, 2.75) is 6.18 Å². The Morgan fingerprint density at radius 1 is 1.12 bits per heavy atom. The van der Waals surface area contributed by atoms with E-state index in [9.17, 15) is 26.4 Å². The monoisotopic (exact) mass is 523 g/mol. The van der Waals surface area contributed by atoms with E-state index in [2.05, 4.69) is 10.5 Å². The van der Waals surface area contributed by atoms with Crippen molar-refractivity contribution in [1.29, 1.82) is 0 Å². The second-order valence-electron chi connectivity index (χ2n) is 6.68. The molecule has 2 aromatic rings. The number of rotatable bonds is 9. The third-order valence-electron chi connectivity index (χ3n) is 4.32. The van der Waals surface area contributed by atoms with Crippen molar-refractivity contribution >= 4 is 39.4 Å². The van der Waals surface area contributed by atoms with Gasteiger partial charge in [-0.15, -0.1) is 0 Å².